The van der Waals surface area contributed by atoms with Crippen molar-refractivity contribution in [2.75, 3.05) is 0 Å². The summed E-state index contributed by atoms with van der Waals surface area (Å²) in [6, 6.07) is 0.362. The summed E-state index contributed by atoms with van der Waals surface area (Å²) in [5, 5.41) is 5.60. The summed E-state index contributed by atoms with van der Waals surface area (Å²) in [4.78, 5) is 0. The number of nitrogens with two attached hydrogens (primary N) is 2. The summed E-state index contributed by atoms with van der Waals surface area (Å²) >= 11 is 0. The van der Waals surface area contributed by atoms with E-state index in [1.165, 1.54) is 19.3 Å². The van der Waals surface area contributed by atoms with Crippen molar-refractivity contribution in [1.82, 2.24) is 10.3 Å². The number of hydrazine groups is 1. The molecule has 0 unspecified atom stereocenters. The molecule has 0 radical (unpaired) electrons. The third-order valence-corrected chi connectivity index (χ3v) is 5.10. The molecule has 2 aliphatic heterocycles. The maximum absolute atomic E-state index is 6.02. The van der Waals surface area contributed by atoms with Gasteiger partial charge in [0.1, 0.15) is 0 Å². The van der Waals surface area contributed by atoms with Crippen molar-refractivity contribution in [1.29, 1.82) is 0 Å². The predicted molar refractivity (Wildman–Crippen MR) is 96.5 cm³/mol. The van der Waals surface area contributed by atoms with Crippen LogP contribution in [-0.2, 0) is 0 Å². The van der Waals surface area contributed by atoms with Crippen LogP contribution in [-0.4, -0.2) is 33.2 Å². The highest BCUT2D eigenvalue weighted by molar-refractivity contribution is 4.98. The van der Waals surface area contributed by atoms with Gasteiger partial charge in [-0.25, -0.2) is 5.01 Å². The zero-order chi connectivity index (χ0) is 17.4. The lowest BCUT2D eigenvalue weighted by molar-refractivity contribution is -0.0278. The molecule has 2 aliphatic rings. The second kappa shape index (κ2) is 6.39. The molecule has 0 bridgehead atoms. The number of nitrogens with one attached hydrogen (secondary N) is 1. The topological polar surface area (TPSA) is 67.3 Å². The third kappa shape index (κ3) is 5.48. The van der Waals surface area contributed by atoms with Crippen LogP contribution in [0.4, 0.5) is 0 Å². The SMILES string of the molecule is CC1(C)CC(N)CC(C)(C)N1.CC1(C)CCCC(C)(C)N1N. The van der Waals surface area contributed by atoms with E-state index in [9.17, 15) is 0 Å². The Hall–Kier alpha value is -0.160. The highest BCUT2D eigenvalue weighted by Gasteiger charge is 2.39. The highest BCUT2D eigenvalue weighted by atomic mass is 15.5. The molecule has 4 nitrogen and oxygen atoms in total. The molecule has 0 aromatic carbocycles. The third-order valence-electron chi connectivity index (χ3n) is 5.10. The van der Waals surface area contributed by atoms with Gasteiger partial charge in [-0.15, -0.1) is 0 Å². The maximum atomic E-state index is 6.02. The minimum absolute atomic E-state index is 0.182. The lowest BCUT2D eigenvalue weighted by Gasteiger charge is -2.50. The lowest BCUT2D eigenvalue weighted by Crippen LogP contribution is -2.62. The number of piperidine rings is 2. The fourth-order valence-corrected chi connectivity index (χ4v) is 4.42. The first-order chi connectivity index (χ1) is 9.67. The quantitative estimate of drug-likeness (QED) is 0.601. The van der Waals surface area contributed by atoms with Crippen molar-refractivity contribution in [2.45, 2.75) is 116 Å². The summed E-state index contributed by atoms with van der Waals surface area (Å²) in [7, 11) is 0. The van der Waals surface area contributed by atoms with Crippen molar-refractivity contribution >= 4 is 0 Å². The Bertz CT molecular complexity index is 339. The number of nitrogens with zero attached hydrogens (tertiary/aromatic N) is 1. The van der Waals surface area contributed by atoms with Gasteiger partial charge < -0.3 is 11.1 Å². The first-order valence-corrected chi connectivity index (χ1v) is 8.77. The van der Waals surface area contributed by atoms with Crippen molar-refractivity contribution in [3.63, 3.8) is 0 Å². The standard InChI is InChI=1S/2C9H20N2/c1-8(2)5-7(10)6-9(3,4)11-8;1-8(2)6-5-7-9(3,4)11(8)10/h7,11H,5-6,10H2,1-4H3;5-7,10H2,1-4H3. The van der Waals surface area contributed by atoms with Crippen molar-refractivity contribution in [2.24, 2.45) is 11.6 Å². The molecule has 5 N–H and O–H groups in total. The van der Waals surface area contributed by atoms with Crippen LogP contribution >= 0.6 is 0 Å². The van der Waals surface area contributed by atoms with E-state index in [2.05, 4.69) is 60.7 Å². The van der Waals surface area contributed by atoms with E-state index in [1.807, 2.05) is 5.01 Å². The van der Waals surface area contributed by atoms with E-state index < -0.39 is 0 Å². The summed E-state index contributed by atoms with van der Waals surface area (Å²) in [6.45, 7) is 17.7. The van der Waals surface area contributed by atoms with Crippen LogP contribution in [0, 0.1) is 0 Å². The monoisotopic (exact) mass is 312 g/mol. The van der Waals surface area contributed by atoms with Gasteiger partial charge in [-0.2, -0.15) is 0 Å². The Labute approximate surface area is 138 Å². The van der Waals surface area contributed by atoms with E-state index in [1.54, 1.807) is 0 Å². The van der Waals surface area contributed by atoms with Crippen LogP contribution in [0.2, 0.25) is 0 Å². The Morgan fingerprint density at radius 3 is 1.45 bits per heavy atom. The molecular weight excluding hydrogens is 272 g/mol. The molecule has 0 spiro atoms. The van der Waals surface area contributed by atoms with E-state index in [0.717, 1.165) is 12.8 Å². The average molecular weight is 313 g/mol. The Balaban J connectivity index is 0.000000220. The Kier molecular flexibility index (Phi) is 5.77. The smallest absolute Gasteiger partial charge is 0.0301 e. The molecule has 2 rings (SSSR count). The van der Waals surface area contributed by atoms with Gasteiger partial charge in [-0.1, -0.05) is 0 Å². The largest absolute Gasteiger partial charge is 0.328 e. The molecule has 4 heteroatoms. The Morgan fingerprint density at radius 1 is 0.818 bits per heavy atom. The van der Waals surface area contributed by atoms with Crippen LogP contribution in [0.15, 0.2) is 0 Å². The first-order valence-electron chi connectivity index (χ1n) is 8.77. The van der Waals surface area contributed by atoms with Crippen molar-refractivity contribution < 1.29 is 0 Å². The summed E-state index contributed by atoms with van der Waals surface area (Å²) in [6.07, 6.45) is 5.89. The first kappa shape index (κ1) is 19.9. The average Bonchev–Trinajstić information content (AvgIpc) is 2.21. The van der Waals surface area contributed by atoms with Gasteiger partial charge in [0.2, 0.25) is 0 Å². The van der Waals surface area contributed by atoms with E-state index in [-0.39, 0.29) is 22.2 Å². The Morgan fingerprint density at radius 2 is 1.18 bits per heavy atom. The minimum atomic E-state index is 0.182. The molecule has 0 saturated carbocycles. The zero-order valence-electron chi connectivity index (χ0n) is 16.2. The lowest BCUT2D eigenvalue weighted by atomic mass is 9.80. The van der Waals surface area contributed by atoms with Gasteiger partial charge in [-0.3, -0.25) is 5.84 Å². The number of hydrogen-bond donors (Lipinski definition) is 3. The molecular formula is C18H40N4. The van der Waals surface area contributed by atoms with Crippen LogP contribution in [0.5, 0.6) is 0 Å². The molecule has 2 saturated heterocycles. The van der Waals surface area contributed by atoms with Crippen LogP contribution in [0.3, 0.4) is 0 Å². The molecule has 132 valence electrons. The van der Waals surface area contributed by atoms with E-state index in [4.69, 9.17) is 11.6 Å². The molecule has 0 aromatic rings. The molecule has 0 atom stereocenters. The second-order valence-corrected chi connectivity index (χ2v) is 9.91. The van der Waals surface area contributed by atoms with Gasteiger partial charge in [0.05, 0.1) is 0 Å². The number of rotatable bonds is 0. The molecule has 2 fully saturated rings. The molecule has 2 heterocycles. The van der Waals surface area contributed by atoms with Crippen molar-refractivity contribution in [3.8, 4) is 0 Å². The van der Waals surface area contributed by atoms with Crippen molar-refractivity contribution in [3.05, 3.63) is 0 Å². The van der Waals surface area contributed by atoms with Crippen LogP contribution < -0.4 is 16.9 Å². The van der Waals surface area contributed by atoms with Gasteiger partial charge in [0.25, 0.3) is 0 Å². The van der Waals surface area contributed by atoms with E-state index >= 15 is 0 Å². The highest BCUT2D eigenvalue weighted by Crippen LogP contribution is 2.34. The van der Waals surface area contributed by atoms with Crippen LogP contribution in [0.1, 0.15) is 87.5 Å². The molecule has 0 amide bonds. The maximum Gasteiger partial charge on any atom is 0.0301 e. The minimum Gasteiger partial charge on any atom is -0.328 e. The van der Waals surface area contributed by atoms with Gasteiger partial charge in [-0.05, 0) is 87.5 Å². The second-order valence-electron chi connectivity index (χ2n) is 9.91. The van der Waals surface area contributed by atoms with Gasteiger partial charge in [0.15, 0.2) is 0 Å². The fraction of sp³-hybridized carbons (Fsp3) is 1.00. The van der Waals surface area contributed by atoms with Gasteiger partial charge in [0, 0.05) is 28.2 Å². The van der Waals surface area contributed by atoms with Gasteiger partial charge >= 0.3 is 0 Å². The normalized spacial score (nSPS) is 30.3. The number of hydrogen-bond acceptors (Lipinski definition) is 4. The summed E-state index contributed by atoms with van der Waals surface area (Å²) < 4.78 is 0. The van der Waals surface area contributed by atoms with Crippen LogP contribution in [0.25, 0.3) is 0 Å². The molecule has 0 aliphatic carbocycles. The fourth-order valence-electron chi connectivity index (χ4n) is 4.42. The zero-order valence-corrected chi connectivity index (χ0v) is 16.2. The predicted octanol–water partition coefficient (Wildman–Crippen LogP) is 3.16. The van der Waals surface area contributed by atoms with E-state index in [0.29, 0.717) is 6.04 Å². The summed E-state index contributed by atoms with van der Waals surface area (Å²) in [5.41, 5.74) is 6.73. The molecule has 0 aromatic heterocycles. The molecule has 22 heavy (non-hydrogen) atoms. The summed E-state index contributed by atoms with van der Waals surface area (Å²) in [5.74, 6) is 6.02.